The maximum atomic E-state index is 13.3. The predicted octanol–water partition coefficient (Wildman–Crippen LogP) is 3.65. The Morgan fingerprint density at radius 1 is 1.06 bits per heavy atom. The second kappa shape index (κ2) is 7.70. The van der Waals surface area contributed by atoms with Gasteiger partial charge in [-0.3, -0.25) is 9.78 Å². The minimum absolute atomic E-state index is 0.195. The number of anilines is 3. The summed E-state index contributed by atoms with van der Waals surface area (Å²) in [7, 11) is 0. The normalized spacial score (nSPS) is 16.0. The van der Waals surface area contributed by atoms with E-state index in [0.717, 1.165) is 10.5 Å². The first-order valence-corrected chi connectivity index (χ1v) is 10.2. The van der Waals surface area contributed by atoms with E-state index in [0.29, 0.717) is 17.4 Å². The van der Waals surface area contributed by atoms with Gasteiger partial charge in [-0.05, 0) is 31.5 Å². The molecule has 4 heterocycles. The largest absolute Gasteiger partial charge is 0.359 e. The summed E-state index contributed by atoms with van der Waals surface area (Å²) in [6.07, 6.45) is 6.38. The molecule has 3 aromatic rings. The highest BCUT2D eigenvalue weighted by molar-refractivity contribution is 6.22. The molecule has 0 aliphatic carbocycles. The maximum absolute atomic E-state index is 13.3. The molecular formula is C22H25N7O3. The number of hydrogen-bond acceptors (Lipinski definition) is 8. The van der Waals surface area contributed by atoms with Gasteiger partial charge in [-0.1, -0.05) is 25.9 Å². The van der Waals surface area contributed by atoms with Crippen LogP contribution in [0.4, 0.5) is 22.2 Å². The highest BCUT2D eigenvalue weighted by atomic mass is 16.5. The van der Waals surface area contributed by atoms with Crippen LogP contribution in [-0.4, -0.2) is 42.5 Å². The molecule has 1 aliphatic rings. The lowest BCUT2D eigenvalue weighted by Crippen LogP contribution is -2.43. The van der Waals surface area contributed by atoms with E-state index in [1.807, 2.05) is 20.8 Å². The molecule has 1 saturated heterocycles. The Morgan fingerprint density at radius 2 is 1.81 bits per heavy atom. The number of nitrogens with zero attached hydrogens (tertiary/aromatic N) is 6. The van der Waals surface area contributed by atoms with Crippen LogP contribution in [0.5, 0.6) is 0 Å². The average Bonchev–Trinajstić information content (AvgIpc) is 3.28. The van der Waals surface area contributed by atoms with Gasteiger partial charge in [0.05, 0.1) is 6.20 Å². The monoisotopic (exact) mass is 435 g/mol. The molecule has 10 nitrogen and oxygen atoms in total. The van der Waals surface area contributed by atoms with Crippen LogP contribution in [0.2, 0.25) is 0 Å². The van der Waals surface area contributed by atoms with Crippen LogP contribution >= 0.6 is 0 Å². The molecule has 1 fully saturated rings. The predicted molar refractivity (Wildman–Crippen MR) is 117 cm³/mol. The number of pyridine rings is 1. The second-order valence-electron chi connectivity index (χ2n) is 9.13. The molecule has 0 aromatic carbocycles. The van der Waals surface area contributed by atoms with Gasteiger partial charge in [-0.2, -0.15) is 0 Å². The van der Waals surface area contributed by atoms with Gasteiger partial charge in [-0.15, -0.1) is 0 Å². The third-order valence-electron chi connectivity index (χ3n) is 5.27. The number of carbonyl (C=O) groups is 2. The fourth-order valence-corrected chi connectivity index (χ4v) is 3.35. The summed E-state index contributed by atoms with van der Waals surface area (Å²) in [5.74, 6) is 1.54. The summed E-state index contributed by atoms with van der Waals surface area (Å²) in [6, 6.07) is 4.80. The summed E-state index contributed by atoms with van der Waals surface area (Å²) >= 11 is 0. The molecule has 0 unspecified atom stereocenters. The smallest absolute Gasteiger partial charge is 0.333 e. The molecular weight excluding hydrogens is 410 g/mol. The van der Waals surface area contributed by atoms with Crippen LogP contribution in [0, 0.1) is 0 Å². The molecule has 3 aromatic heterocycles. The SMILES string of the molecule is CC(C)(C)c1cc(N2C(=O)N(Cc3ccnc(Nc4cnccn4)c3)C(C)(C)C2=O)no1. The average molecular weight is 435 g/mol. The van der Waals surface area contributed by atoms with E-state index < -0.39 is 11.6 Å². The number of nitrogens with one attached hydrogen (secondary N) is 1. The molecule has 0 bridgehead atoms. The number of rotatable bonds is 5. The van der Waals surface area contributed by atoms with Crippen molar-refractivity contribution >= 4 is 29.4 Å². The maximum Gasteiger partial charge on any atom is 0.333 e. The highest BCUT2D eigenvalue weighted by Gasteiger charge is 2.52. The van der Waals surface area contributed by atoms with Crippen molar-refractivity contribution in [2.75, 3.05) is 10.2 Å². The molecule has 10 heteroatoms. The van der Waals surface area contributed by atoms with Crippen molar-refractivity contribution in [3.05, 3.63) is 54.3 Å². The molecule has 0 radical (unpaired) electrons. The molecule has 0 saturated carbocycles. The highest BCUT2D eigenvalue weighted by Crippen LogP contribution is 2.35. The van der Waals surface area contributed by atoms with Gasteiger partial charge in [0.25, 0.3) is 5.91 Å². The Hall–Kier alpha value is -3.82. The first-order valence-electron chi connectivity index (χ1n) is 10.2. The van der Waals surface area contributed by atoms with Crippen molar-refractivity contribution < 1.29 is 14.1 Å². The van der Waals surface area contributed by atoms with Crippen LogP contribution < -0.4 is 10.2 Å². The molecule has 0 atom stereocenters. The van der Waals surface area contributed by atoms with Gasteiger partial charge in [-0.25, -0.2) is 19.7 Å². The van der Waals surface area contributed by atoms with Crippen molar-refractivity contribution in [2.24, 2.45) is 0 Å². The quantitative estimate of drug-likeness (QED) is 0.604. The fourth-order valence-electron chi connectivity index (χ4n) is 3.35. The van der Waals surface area contributed by atoms with Crippen molar-refractivity contribution in [1.82, 2.24) is 25.0 Å². The van der Waals surface area contributed by atoms with Gasteiger partial charge in [0.2, 0.25) is 0 Å². The Labute approximate surface area is 185 Å². The molecule has 0 spiro atoms. The number of amides is 3. The van der Waals surface area contributed by atoms with Crippen LogP contribution in [0.3, 0.4) is 0 Å². The molecule has 32 heavy (non-hydrogen) atoms. The van der Waals surface area contributed by atoms with E-state index in [2.05, 4.69) is 25.4 Å². The molecule has 1 N–H and O–H groups in total. The minimum atomic E-state index is -1.06. The molecule has 166 valence electrons. The lowest BCUT2D eigenvalue weighted by Gasteiger charge is -2.27. The second-order valence-corrected chi connectivity index (χ2v) is 9.13. The summed E-state index contributed by atoms with van der Waals surface area (Å²) in [4.78, 5) is 41.5. The van der Waals surface area contributed by atoms with Gasteiger partial charge < -0.3 is 14.7 Å². The number of hydrogen-bond donors (Lipinski definition) is 1. The van der Waals surface area contributed by atoms with Crippen molar-refractivity contribution in [3.63, 3.8) is 0 Å². The minimum Gasteiger partial charge on any atom is -0.359 e. The van der Waals surface area contributed by atoms with E-state index in [1.54, 1.807) is 56.8 Å². The Balaban J connectivity index is 1.58. The van der Waals surface area contributed by atoms with Gasteiger partial charge in [0.1, 0.15) is 22.9 Å². The van der Waals surface area contributed by atoms with Crippen molar-refractivity contribution in [1.29, 1.82) is 0 Å². The Morgan fingerprint density at radius 3 is 2.47 bits per heavy atom. The van der Waals surface area contributed by atoms with Gasteiger partial charge in [0, 0.05) is 36.6 Å². The van der Waals surface area contributed by atoms with E-state index in [4.69, 9.17) is 4.52 Å². The van der Waals surface area contributed by atoms with E-state index in [9.17, 15) is 9.59 Å². The number of urea groups is 1. The van der Waals surface area contributed by atoms with Gasteiger partial charge >= 0.3 is 6.03 Å². The lowest BCUT2D eigenvalue weighted by molar-refractivity contribution is -0.123. The zero-order chi connectivity index (χ0) is 23.1. The number of imide groups is 1. The van der Waals surface area contributed by atoms with E-state index in [1.165, 1.54) is 4.90 Å². The standard InChI is InChI=1S/C22H25N7O3/c1-21(2,3)15-11-18(27-32-15)29-19(30)22(4,5)28(20(29)31)13-14-6-7-24-16(10-14)26-17-12-23-8-9-25-17/h6-12H,13H2,1-5H3,(H,24,25,26). The summed E-state index contributed by atoms with van der Waals surface area (Å²) in [5.41, 5.74) is -0.548. The van der Waals surface area contributed by atoms with Crippen LogP contribution in [-0.2, 0) is 16.8 Å². The fraction of sp³-hybridized carbons (Fsp3) is 0.364. The topological polar surface area (TPSA) is 117 Å². The Kier molecular flexibility index (Phi) is 5.15. The molecule has 1 aliphatic heterocycles. The Bertz CT molecular complexity index is 1150. The summed E-state index contributed by atoms with van der Waals surface area (Å²) < 4.78 is 5.39. The zero-order valence-electron chi connectivity index (χ0n) is 18.7. The lowest BCUT2D eigenvalue weighted by atomic mass is 9.93. The first kappa shape index (κ1) is 21.4. The van der Waals surface area contributed by atoms with Crippen LogP contribution in [0.15, 0.2) is 47.5 Å². The number of aromatic nitrogens is 4. The van der Waals surface area contributed by atoms with Crippen molar-refractivity contribution in [3.8, 4) is 0 Å². The summed E-state index contributed by atoms with van der Waals surface area (Å²) in [6.45, 7) is 9.57. The third-order valence-corrected chi connectivity index (χ3v) is 5.27. The number of carbonyl (C=O) groups excluding carboxylic acids is 2. The van der Waals surface area contributed by atoms with E-state index >= 15 is 0 Å². The van der Waals surface area contributed by atoms with Gasteiger partial charge in [0.15, 0.2) is 5.82 Å². The zero-order valence-corrected chi connectivity index (χ0v) is 18.7. The summed E-state index contributed by atoms with van der Waals surface area (Å²) in [5, 5.41) is 7.06. The molecule has 3 amide bonds. The van der Waals surface area contributed by atoms with E-state index in [-0.39, 0.29) is 23.7 Å². The first-order chi connectivity index (χ1) is 15.1. The van der Waals surface area contributed by atoms with Crippen molar-refractivity contribution in [2.45, 2.75) is 52.1 Å². The van der Waals surface area contributed by atoms with Crippen LogP contribution in [0.1, 0.15) is 45.9 Å². The molecule has 4 rings (SSSR count). The third kappa shape index (κ3) is 3.91. The van der Waals surface area contributed by atoms with Crippen LogP contribution in [0.25, 0.3) is 0 Å².